The SMILES string of the molecule is C=CC(=O)OCc1ccc(CCC2CCC(C3CCC(CCc4ccc(COC(=O)C=C)cc4)CC3)CC2)cc1. The average Bonchev–Trinajstić information content (AvgIpc) is 3.02. The van der Waals surface area contributed by atoms with E-state index in [1.807, 2.05) is 0 Å². The van der Waals surface area contributed by atoms with Gasteiger partial charge in [-0.2, -0.15) is 0 Å². The van der Waals surface area contributed by atoms with E-state index < -0.39 is 0 Å². The molecule has 0 atom stereocenters. The van der Waals surface area contributed by atoms with Crippen LogP contribution in [0.3, 0.4) is 0 Å². The minimum atomic E-state index is -0.377. The lowest BCUT2D eigenvalue weighted by molar-refractivity contribution is -0.139. The topological polar surface area (TPSA) is 52.6 Å². The molecule has 0 bridgehead atoms. The van der Waals surface area contributed by atoms with Crippen LogP contribution in [0.15, 0.2) is 73.8 Å². The second-order valence-electron chi connectivity index (χ2n) is 11.9. The summed E-state index contributed by atoms with van der Waals surface area (Å²) in [6.45, 7) is 7.48. The number of hydrogen-bond acceptors (Lipinski definition) is 4. The van der Waals surface area contributed by atoms with Crippen LogP contribution in [-0.2, 0) is 45.1 Å². The molecule has 0 radical (unpaired) electrons. The van der Waals surface area contributed by atoms with Crippen LogP contribution in [0.4, 0.5) is 0 Å². The first kappa shape index (κ1) is 29.8. The van der Waals surface area contributed by atoms with Gasteiger partial charge in [0.15, 0.2) is 0 Å². The number of hydrogen-bond donors (Lipinski definition) is 0. The third-order valence-corrected chi connectivity index (χ3v) is 9.27. The van der Waals surface area contributed by atoms with Crippen molar-refractivity contribution in [2.45, 2.75) is 90.3 Å². The molecule has 2 aliphatic rings. The van der Waals surface area contributed by atoms with Crippen LogP contribution >= 0.6 is 0 Å². The maximum Gasteiger partial charge on any atom is 0.330 e. The molecule has 2 saturated carbocycles. The highest BCUT2D eigenvalue weighted by atomic mass is 16.5. The number of rotatable bonds is 13. The van der Waals surface area contributed by atoms with Crippen molar-refractivity contribution in [1.29, 1.82) is 0 Å². The molecule has 0 heterocycles. The van der Waals surface area contributed by atoms with Crippen LogP contribution in [0, 0.1) is 23.7 Å². The standard InChI is InChI=1S/C36H46O4/c1-3-35(37)39-25-31-13-9-27(10-14-31)5-7-29-17-21-33(22-18-29)34-23-19-30(20-24-34)8-6-28-11-15-32(16-12-28)26-40-36(38)4-2/h3-4,9-16,29-30,33-34H,1-2,5-8,17-26H2. The molecule has 214 valence electrons. The Hall–Kier alpha value is -3.14. The van der Waals surface area contributed by atoms with E-state index in [4.69, 9.17) is 9.47 Å². The van der Waals surface area contributed by atoms with Gasteiger partial charge < -0.3 is 9.47 Å². The van der Waals surface area contributed by atoms with E-state index in [1.54, 1.807) is 0 Å². The van der Waals surface area contributed by atoms with Gasteiger partial charge in [0, 0.05) is 12.2 Å². The van der Waals surface area contributed by atoms with Gasteiger partial charge in [-0.1, -0.05) is 87.4 Å². The summed E-state index contributed by atoms with van der Waals surface area (Å²) in [5.74, 6) is 2.86. The van der Waals surface area contributed by atoms with Crippen LogP contribution < -0.4 is 0 Å². The van der Waals surface area contributed by atoms with Gasteiger partial charge in [-0.25, -0.2) is 9.59 Å². The quantitative estimate of drug-likeness (QED) is 0.189. The first-order chi connectivity index (χ1) is 19.5. The molecule has 0 aliphatic heterocycles. The van der Waals surface area contributed by atoms with Gasteiger partial charge in [0.05, 0.1) is 0 Å². The van der Waals surface area contributed by atoms with Gasteiger partial charge in [-0.3, -0.25) is 0 Å². The smallest absolute Gasteiger partial charge is 0.330 e. The highest BCUT2D eigenvalue weighted by Gasteiger charge is 2.30. The molecule has 2 aromatic carbocycles. The molecule has 0 N–H and O–H groups in total. The Morgan fingerprint density at radius 2 is 0.900 bits per heavy atom. The van der Waals surface area contributed by atoms with Crippen LogP contribution in [0.5, 0.6) is 0 Å². The molecule has 4 nitrogen and oxygen atoms in total. The van der Waals surface area contributed by atoms with Gasteiger partial charge in [0.1, 0.15) is 13.2 Å². The molecule has 2 aromatic rings. The molecule has 0 saturated heterocycles. The lowest BCUT2D eigenvalue weighted by Gasteiger charge is -2.38. The maximum absolute atomic E-state index is 11.2. The summed E-state index contributed by atoms with van der Waals surface area (Å²) in [7, 11) is 0. The molecular weight excluding hydrogens is 496 g/mol. The number of aryl methyl sites for hydroxylation is 2. The van der Waals surface area contributed by atoms with E-state index in [-0.39, 0.29) is 11.9 Å². The minimum absolute atomic E-state index is 0.308. The van der Waals surface area contributed by atoms with Gasteiger partial charge >= 0.3 is 11.9 Å². The largest absolute Gasteiger partial charge is 0.458 e. The number of benzene rings is 2. The summed E-state index contributed by atoms with van der Waals surface area (Å²) >= 11 is 0. The molecule has 0 aromatic heterocycles. The van der Waals surface area contributed by atoms with Crippen LogP contribution in [-0.4, -0.2) is 11.9 Å². The Labute approximate surface area is 240 Å². The molecule has 2 aliphatic carbocycles. The third kappa shape index (κ3) is 9.50. The molecule has 0 amide bonds. The molecule has 4 heteroatoms. The fourth-order valence-electron chi connectivity index (χ4n) is 6.67. The zero-order chi connectivity index (χ0) is 28.2. The molecule has 2 fully saturated rings. The summed E-state index contributed by atoms with van der Waals surface area (Å²) in [6.07, 6.45) is 18.5. The van der Waals surface area contributed by atoms with E-state index in [0.29, 0.717) is 13.2 Å². The van der Waals surface area contributed by atoms with Crippen molar-refractivity contribution in [1.82, 2.24) is 0 Å². The van der Waals surface area contributed by atoms with Crippen LogP contribution in [0.25, 0.3) is 0 Å². The summed E-state index contributed by atoms with van der Waals surface area (Å²) in [5, 5.41) is 0. The van der Waals surface area contributed by atoms with Gasteiger partial charge in [0.2, 0.25) is 0 Å². The first-order valence-electron chi connectivity index (χ1n) is 15.3. The van der Waals surface area contributed by atoms with E-state index in [9.17, 15) is 9.59 Å². The highest BCUT2D eigenvalue weighted by molar-refractivity contribution is 5.81. The molecule has 40 heavy (non-hydrogen) atoms. The monoisotopic (exact) mass is 542 g/mol. The number of esters is 2. The van der Waals surface area contributed by atoms with E-state index in [2.05, 4.69) is 61.7 Å². The molecule has 0 unspecified atom stereocenters. The lowest BCUT2D eigenvalue weighted by atomic mass is 9.68. The molecule has 4 rings (SSSR count). The summed E-state index contributed by atoms with van der Waals surface area (Å²) in [4.78, 5) is 22.5. The van der Waals surface area contributed by atoms with E-state index >= 15 is 0 Å². The second kappa shape index (κ2) is 15.6. The third-order valence-electron chi connectivity index (χ3n) is 9.27. The van der Waals surface area contributed by atoms with Gasteiger partial charge in [-0.05, 0) is 97.3 Å². The maximum atomic E-state index is 11.2. The lowest BCUT2D eigenvalue weighted by Crippen LogP contribution is -2.26. The normalized spacial score (nSPS) is 22.7. The van der Waals surface area contributed by atoms with Crippen molar-refractivity contribution < 1.29 is 19.1 Å². The summed E-state index contributed by atoms with van der Waals surface area (Å²) in [5.41, 5.74) is 4.80. The van der Waals surface area contributed by atoms with Gasteiger partial charge in [0.25, 0.3) is 0 Å². The van der Waals surface area contributed by atoms with Crippen molar-refractivity contribution in [3.63, 3.8) is 0 Å². The average molecular weight is 543 g/mol. The van der Waals surface area contributed by atoms with Crippen LogP contribution in [0.2, 0.25) is 0 Å². The van der Waals surface area contributed by atoms with E-state index in [1.165, 1.54) is 87.5 Å². The van der Waals surface area contributed by atoms with Crippen molar-refractivity contribution >= 4 is 11.9 Å². The zero-order valence-corrected chi connectivity index (χ0v) is 24.0. The number of carbonyl (C=O) groups excluding carboxylic acids is 2. The number of ether oxygens (including phenoxy) is 2. The zero-order valence-electron chi connectivity index (χ0n) is 24.0. The minimum Gasteiger partial charge on any atom is -0.458 e. The molecular formula is C36H46O4. The fraction of sp³-hybridized carbons (Fsp3) is 0.500. The van der Waals surface area contributed by atoms with E-state index in [0.717, 1.165) is 47.6 Å². The Morgan fingerprint density at radius 1 is 0.575 bits per heavy atom. The first-order valence-corrected chi connectivity index (χ1v) is 15.3. The summed E-state index contributed by atoms with van der Waals surface area (Å²) in [6, 6.07) is 17.0. The predicted molar refractivity (Wildman–Crippen MR) is 160 cm³/mol. The van der Waals surface area contributed by atoms with Crippen molar-refractivity contribution in [2.24, 2.45) is 23.7 Å². The Balaban J connectivity index is 1.09. The van der Waals surface area contributed by atoms with Crippen molar-refractivity contribution in [3.05, 3.63) is 96.1 Å². The number of carbonyl (C=O) groups is 2. The second-order valence-corrected chi connectivity index (χ2v) is 11.9. The summed E-state index contributed by atoms with van der Waals surface area (Å²) < 4.78 is 10.2. The van der Waals surface area contributed by atoms with Crippen molar-refractivity contribution in [3.8, 4) is 0 Å². The Morgan fingerprint density at radius 3 is 1.23 bits per heavy atom. The Bertz CT molecular complexity index is 995. The molecule has 0 spiro atoms. The van der Waals surface area contributed by atoms with Crippen LogP contribution in [0.1, 0.15) is 86.5 Å². The fourth-order valence-corrected chi connectivity index (χ4v) is 6.67. The predicted octanol–water partition coefficient (Wildman–Crippen LogP) is 8.32. The Kier molecular flexibility index (Phi) is 11.6. The van der Waals surface area contributed by atoms with Gasteiger partial charge in [-0.15, -0.1) is 0 Å². The van der Waals surface area contributed by atoms with Crippen molar-refractivity contribution in [2.75, 3.05) is 0 Å². The highest BCUT2D eigenvalue weighted by Crippen LogP contribution is 2.43.